The molecule has 0 saturated carbocycles. The Morgan fingerprint density at radius 2 is 1.41 bits per heavy atom. The number of aliphatic hydroxyl groups excluding tert-OH is 2. The van der Waals surface area contributed by atoms with E-state index in [9.17, 15) is 0 Å². The second-order valence-electron chi connectivity index (χ2n) is 4.86. The first-order valence-electron chi connectivity index (χ1n) is 6.47. The minimum absolute atomic E-state index is 0.00667. The summed E-state index contributed by atoms with van der Waals surface area (Å²) in [7, 11) is 0. The summed E-state index contributed by atoms with van der Waals surface area (Å²) in [5.41, 5.74) is 0. The van der Waals surface area contributed by atoms with Gasteiger partial charge in [0.1, 0.15) is 0 Å². The quantitative estimate of drug-likeness (QED) is 0.692. The van der Waals surface area contributed by atoms with Gasteiger partial charge in [-0.1, -0.05) is 0 Å². The van der Waals surface area contributed by atoms with Crippen molar-refractivity contribution in [1.82, 2.24) is 9.80 Å². The summed E-state index contributed by atoms with van der Waals surface area (Å²) < 4.78 is 4.95. The van der Waals surface area contributed by atoms with Gasteiger partial charge in [0.05, 0.1) is 25.4 Å². The first-order valence-corrected chi connectivity index (χ1v) is 6.47. The van der Waals surface area contributed by atoms with Crippen LogP contribution in [0.1, 0.15) is 13.8 Å². The molecule has 0 aromatic carbocycles. The van der Waals surface area contributed by atoms with E-state index in [0.29, 0.717) is 6.61 Å². The fourth-order valence-electron chi connectivity index (χ4n) is 1.88. The van der Waals surface area contributed by atoms with Crippen molar-refractivity contribution < 1.29 is 14.9 Å². The Morgan fingerprint density at radius 3 is 1.65 bits per heavy atom. The topological polar surface area (TPSA) is 56.2 Å². The third-order valence-corrected chi connectivity index (χ3v) is 3.08. The largest absolute Gasteiger partial charge is 0.394 e. The van der Waals surface area contributed by atoms with E-state index in [-0.39, 0.29) is 12.7 Å². The number of nitrogens with zero attached hydrogens (tertiary/aromatic N) is 2. The lowest BCUT2D eigenvalue weighted by atomic mass is 10.2. The Hall–Kier alpha value is -0.200. The molecule has 3 heterocycles. The number of aliphatic hydroxyl groups is 2. The van der Waals surface area contributed by atoms with Crippen molar-refractivity contribution in [2.75, 3.05) is 52.5 Å². The van der Waals surface area contributed by atoms with E-state index in [1.807, 2.05) is 0 Å². The average Bonchev–Trinajstić information content (AvgIpc) is 2.39. The van der Waals surface area contributed by atoms with E-state index in [0.717, 1.165) is 0 Å². The Bertz CT molecular complexity index is 171. The van der Waals surface area contributed by atoms with Crippen molar-refractivity contribution in [3.8, 4) is 0 Å². The van der Waals surface area contributed by atoms with Gasteiger partial charge in [-0.15, -0.1) is 0 Å². The highest BCUT2D eigenvalue weighted by Crippen LogP contribution is 2.06. The molecule has 3 aliphatic rings. The molecule has 3 fully saturated rings. The molecule has 3 saturated heterocycles. The molecule has 0 aromatic heterocycles. The van der Waals surface area contributed by atoms with Crippen LogP contribution in [-0.2, 0) is 4.74 Å². The SMILES string of the molecule is C1CN2CCN1CC2.CC(O)COC(C)CO. The second kappa shape index (κ2) is 8.00. The molecule has 5 nitrogen and oxygen atoms in total. The molecule has 0 radical (unpaired) electrons. The molecule has 2 atom stereocenters. The summed E-state index contributed by atoms with van der Waals surface area (Å²) in [5.74, 6) is 0. The first-order chi connectivity index (χ1) is 8.11. The Morgan fingerprint density at radius 1 is 1.00 bits per heavy atom. The molecule has 5 heteroatoms. The zero-order valence-corrected chi connectivity index (χ0v) is 11.0. The van der Waals surface area contributed by atoms with Gasteiger partial charge in [0.25, 0.3) is 0 Å². The number of rotatable bonds is 4. The maximum atomic E-state index is 8.69. The molecular formula is C12H26N2O3. The number of hydrogen-bond acceptors (Lipinski definition) is 5. The van der Waals surface area contributed by atoms with Gasteiger partial charge < -0.3 is 14.9 Å². The number of fused-ring (bicyclic) bond motifs is 3. The van der Waals surface area contributed by atoms with Crippen LogP contribution in [0.15, 0.2) is 0 Å². The van der Waals surface area contributed by atoms with Gasteiger partial charge >= 0.3 is 0 Å². The van der Waals surface area contributed by atoms with Gasteiger partial charge in [-0.3, -0.25) is 9.80 Å². The minimum atomic E-state index is -0.445. The van der Waals surface area contributed by atoms with Crippen molar-refractivity contribution in [1.29, 1.82) is 0 Å². The van der Waals surface area contributed by atoms with Crippen LogP contribution >= 0.6 is 0 Å². The third-order valence-electron chi connectivity index (χ3n) is 3.08. The fourth-order valence-corrected chi connectivity index (χ4v) is 1.88. The van der Waals surface area contributed by atoms with E-state index in [4.69, 9.17) is 14.9 Å². The first kappa shape index (κ1) is 14.9. The fraction of sp³-hybridized carbons (Fsp3) is 1.00. The van der Waals surface area contributed by atoms with Crippen LogP contribution in [0.3, 0.4) is 0 Å². The Kier molecular flexibility index (Phi) is 6.99. The van der Waals surface area contributed by atoms with Gasteiger partial charge in [-0.05, 0) is 13.8 Å². The monoisotopic (exact) mass is 246 g/mol. The molecule has 2 unspecified atom stereocenters. The van der Waals surface area contributed by atoms with Crippen LogP contribution in [0.2, 0.25) is 0 Å². The van der Waals surface area contributed by atoms with Crippen LogP contribution in [0.25, 0.3) is 0 Å². The molecule has 0 amide bonds. The van der Waals surface area contributed by atoms with E-state index < -0.39 is 6.10 Å². The summed E-state index contributed by atoms with van der Waals surface area (Å²) in [5, 5.41) is 17.1. The molecule has 0 aromatic rings. The minimum Gasteiger partial charge on any atom is -0.394 e. The zero-order chi connectivity index (χ0) is 12.7. The second-order valence-corrected chi connectivity index (χ2v) is 4.86. The van der Waals surface area contributed by atoms with E-state index in [1.165, 1.54) is 39.3 Å². The smallest absolute Gasteiger partial charge is 0.0779 e. The molecule has 17 heavy (non-hydrogen) atoms. The van der Waals surface area contributed by atoms with Crippen LogP contribution in [0.4, 0.5) is 0 Å². The van der Waals surface area contributed by atoms with E-state index in [1.54, 1.807) is 13.8 Å². The lowest BCUT2D eigenvalue weighted by molar-refractivity contribution is -0.0177. The number of piperazine rings is 3. The summed E-state index contributed by atoms with van der Waals surface area (Å²) in [6, 6.07) is 0. The lowest BCUT2D eigenvalue weighted by Crippen LogP contribution is -2.55. The summed E-state index contributed by atoms with van der Waals surface area (Å²) in [6.07, 6.45) is -0.612. The van der Waals surface area contributed by atoms with E-state index in [2.05, 4.69) is 9.80 Å². The van der Waals surface area contributed by atoms with E-state index >= 15 is 0 Å². The Balaban J connectivity index is 0.000000170. The van der Waals surface area contributed by atoms with Gasteiger partial charge in [0.15, 0.2) is 0 Å². The molecule has 0 aliphatic carbocycles. The highest BCUT2D eigenvalue weighted by Gasteiger charge is 2.21. The van der Waals surface area contributed by atoms with Crippen molar-refractivity contribution in [3.63, 3.8) is 0 Å². The molecule has 3 rings (SSSR count). The number of ether oxygens (including phenoxy) is 1. The third kappa shape index (κ3) is 6.33. The molecule has 3 aliphatic heterocycles. The maximum absolute atomic E-state index is 8.69. The molecular weight excluding hydrogens is 220 g/mol. The summed E-state index contributed by atoms with van der Waals surface area (Å²) in [6.45, 7) is 11.6. The molecule has 2 N–H and O–H groups in total. The highest BCUT2D eigenvalue weighted by atomic mass is 16.5. The van der Waals surface area contributed by atoms with Crippen LogP contribution in [0.5, 0.6) is 0 Å². The highest BCUT2D eigenvalue weighted by molar-refractivity contribution is 4.78. The van der Waals surface area contributed by atoms with Gasteiger partial charge in [0, 0.05) is 39.3 Å². The van der Waals surface area contributed by atoms with Gasteiger partial charge in [-0.2, -0.15) is 0 Å². The average molecular weight is 246 g/mol. The van der Waals surface area contributed by atoms with Crippen LogP contribution in [0, 0.1) is 0 Å². The standard InChI is InChI=1S/C6H12N2.C6H14O3/c1-2-8-5-3-7(1)4-6-8;1-5(8)4-9-6(2)3-7/h1-6H2;5-8H,3-4H2,1-2H3. The molecule has 2 bridgehead atoms. The predicted molar refractivity (Wildman–Crippen MR) is 67.1 cm³/mol. The zero-order valence-electron chi connectivity index (χ0n) is 11.0. The van der Waals surface area contributed by atoms with Crippen molar-refractivity contribution in [2.24, 2.45) is 0 Å². The van der Waals surface area contributed by atoms with Gasteiger partial charge in [-0.25, -0.2) is 0 Å². The maximum Gasteiger partial charge on any atom is 0.0779 e. The van der Waals surface area contributed by atoms with Crippen LogP contribution < -0.4 is 0 Å². The molecule has 0 spiro atoms. The predicted octanol–water partition coefficient (Wildman–Crippen LogP) is -0.618. The Labute approximate surface area is 104 Å². The normalized spacial score (nSPS) is 30.4. The van der Waals surface area contributed by atoms with Crippen LogP contribution in [-0.4, -0.2) is 84.7 Å². The molecule has 102 valence electrons. The van der Waals surface area contributed by atoms with Crippen molar-refractivity contribution in [2.45, 2.75) is 26.1 Å². The lowest BCUT2D eigenvalue weighted by Gasteiger charge is -2.41. The van der Waals surface area contributed by atoms with Crippen molar-refractivity contribution >= 4 is 0 Å². The summed E-state index contributed by atoms with van der Waals surface area (Å²) in [4.78, 5) is 5.08. The number of hydrogen-bond donors (Lipinski definition) is 2. The van der Waals surface area contributed by atoms with Crippen molar-refractivity contribution in [3.05, 3.63) is 0 Å². The summed E-state index contributed by atoms with van der Waals surface area (Å²) >= 11 is 0. The van der Waals surface area contributed by atoms with Gasteiger partial charge in [0.2, 0.25) is 0 Å².